The molecule has 0 fully saturated rings. The Balaban J connectivity index is 1.41. The minimum atomic E-state index is -4.39. The Labute approximate surface area is 240 Å². The van der Waals surface area contributed by atoms with E-state index in [-0.39, 0.29) is 16.4 Å². The van der Waals surface area contributed by atoms with Crippen LogP contribution in [0.25, 0.3) is 0 Å². The Bertz CT molecular complexity index is 1730. The lowest BCUT2D eigenvalue weighted by molar-refractivity contribution is 0.258. The van der Waals surface area contributed by atoms with Gasteiger partial charge in [-0.05, 0) is 67.9 Å². The SMILES string of the molecule is CCC(COc1ccc2c(c1)C=NCN2Nc1ccc(S(=O)(=O)c2ccccc2)cc1)NC(C)S(=O)(=O)S(C)(=O)=O. The van der Waals surface area contributed by atoms with Crippen molar-refractivity contribution in [2.45, 2.75) is 41.5 Å². The van der Waals surface area contributed by atoms with Crippen molar-refractivity contribution in [2.75, 3.05) is 30.0 Å². The molecule has 0 bridgehead atoms. The molecule has 41 heavy (non-hydrogen) atoms. The van der Waals surface area contributed by atoms with E-state index in [4.69, 9.17) is 4.74 Å². The first-order valence-electron chi connectivity index (χ1n) is 12.7. The molecular weight excluding hydrogens is 589 g/mol. The van der Waals surface area contributed by atoms with Crippen molar-refractivity contribution in [3.8, 4) is 5.75 Å². The lowest BCUT2D eigenvalue weighted by atomic mass is 10.1. The third-order valence-electron chi connectivity index (χ3n) is 6.49. The lowest BCUT2D eigenvalue weighted by Gasteiger charge is -2.29. The normalized spacial score (nSPS) is 15.1. The molecule has 4 rings (SSSR count). The number of nitrogens with one attached hydrogen (secondary N) is 2. The molecule has 220 valence electrons. The summed E-state index contributed by atoms with van der Waals surface area (Å²) < 4.78 is 79.2. The van der Waals surface area contributed by atoms with Gasteiger partial charge in [0.2, 0.25) is 9.84 Å². The minimum absolute atomic E-state index is 0.121. The van der Waals surface area contributed by atoms with Crippen LogP contribution in [-0.2, 0) is 27.6 Å². The lowest BCUT2D eigenvalue weighted by Crippen LogP contribution is -2.45. The molecule has 3 aromatic carbocycles. The molecule has 2 N–H and O–H groups in total. The summed E-state index contributed by atoms with van der Waals surface area (Å²) in [5.41, 5.74) is 5.53. The smallest absolute Gasteiger partial charge is 0.268 e. The number of nitrogens with zero attached hydrogens (tertiary/aromatic N) is 2. The standard InChI is InChI=1S/C27H32N4O7S3/c1-4-22(29-20(2)41(36,37)39(3,32)33)18-38-24-12-15-27-21(16-24)17-28-19-31(27)30-23-10-13-26(14-11-23)40(34,35)25-8-6-5-7-9-25/h5-17,20,22,29-30H,4,18-19H2,1-3H3. The van der Waals surface area contributed by atoms with Crippen molar-refractivity contribution in [1.82, 2.24) is 5.32 Å². The molecule has 0 saturated carbocycles. The van der Waals surface area contributed by atoms with Crippen LogP contribution in [0.15, 0.2) is 87.6 Å². The fraction of sp³-hybridized carbons (Fsp3) is 0.296. The quantitative estimate of drug-likeness (QED) is 0.289. The number of benzene rings is 3. The van der Waals surface area contributed by atoms with Crippen LogP contribution < -0.4 is 20.5 Å². The van der Waals surface area contributed by atoms with E-state index in [2.05, 4.69) is 15.7 Å². The molecule has 0 aromatic heterocycles. The predicted molar refractivity (Wildman–Crippen MR) is 159 cm³/mol. The molecule has 0 amide bonds. The van der Waals surface area contributed by atoms with E-state index in [0.717, 1.165) is 11.3 Å². The number of rotatable bonds is 12. The maximum Gasteiger partial charge on any atom is 0.268 e. The molecule has 11 nitrogen and oxygen atoms in total. The van der Waals surface area contributed by atoms with Crippen LogP contribution >= 0.6 is 0 Å². The maximum atomic E-state index is 12.9. The number of hydrogen-bond donors (Lipinski definition) is 2. The molecule has 0 radical (unpaired) electrons. The minimum Gasteiger partial charge on any atom is -0.492 e. The van der Waals surface area contributed by atoms with Gasteiger partial charge in [-0.3, -0.25) is 20.7 Å². The number of ether oxygens (including phenoxy) is 1. The first-order valence-corrected chi connectivity index (χ1v) is 18.2. The molecule has 2 atom stereocenters. The highest BCUT2D eigenvalue weighted by atomic mass is 33.2. The Morgan fingerprint density at radius 2 is 1.59 bits per heavy atom. The fourth-order valence-corrected chi connectivity index (χ4v) is 8.03. The van der Waals surface area contributed by atoms with Gasteiger partial charge in [0, 0.05) is 17.8 Å². The van der Waals surface area contributed by atoms with Crippen LogP contribution in [0, 0.1) is 0 Å². The number of hydrogen-bond acceptors (Lipinski definition) is 11. The third-order valence-corrected chi connectivity index (χ3v) is 13.5. The van der Waals surface area contributed by atoms with E-state index in [0.29, 0.717) is 30.8 Å². The van der Waals surface area contributed by atoms with E-state index in [1.165, 1.54) is 6.92 Å². The Hall–Kier alpha value is -3.46. The number of sulfone groups is 1. The molecule has 3 aromatic rings. The third kappa shape index (κ3) is 6.89. The van der Waals surface area contributed by atoms with E-state index >= 15 is 0 Å². The topological polar surface area (TPSA) is 151 Å². The first-order chi connectivity index (χ1) is 19.3. The van der Waals surface area contributed by atoms with Gasteiger partial charge in [0.05, 0.1) is 27.4 Å². The number of hydrazine groups is 1. The van der Waals surface area contributed by atoms with Gasteiger partial charge in [-0.2, -0.15) is 0 Å². The summed E-state index contributed by atoms with van der Waals surface area (Å²) >= 11 is 0. The van der Waals surface area contributed by atoms with E-state index in [9.17, 15) is 25.3 Å². The van der Waals surface area contributed by atoms with Crippen molar-refractivity contribution in [1.29, 1.82) is 0 Å². The Morgan fingerprint density at radius 1 is 0.927 bits per heavy atom. The van der Waals surface area contributed by atoms with Crippen LogP contribution in [0.5, 0.6) is 5.75 Å². The Kier molecular flexibility index (Phi) is 9.07. The van der Waals surface area contributed by atoms with Crippen molar-refractivity contribution >= 4 is 45.2 Å². The zero-order valence-electron chi connectivity index (χ0n) is 22.8. The largest absolute Gasteiger partial charge is 0.492 e. The summed E-state index contributed by atoms with van der Waals surface area (Å²) in [4.78, 5) is 4.81. The average molecular weight is 621 g/mol. The molecule has 14 heteroatoms. The summed E-state index contributed by atoms with van der Waals surface area (Å²) in [5, 5.41) is 3.36. The zero-order chi connectivity index (χ0) is 29.8. The van der Waals surface area contributed by atoms with E-state index in [1.807, 2.05) is 18.0 Å². The highest BCUT2D eigenvalue weighted by Crippen LogP contribution is 2.28. The first kappa shape index (κ1) is 30.5. The van der Waals surface area contributed by atoms with Crippen molar-refractivity contribution in [2.24, 2.45) is 4.99 Å². The maximum absolute atomic E-state index is 12.9. The summed E-state index contributed by atoms with van der Waals surface area (Å²) in [6, 6.07) is 19.7. The van der Waals surface area contributed by atoms with Crippen molar-refractivity contribution in [3.05, 3.63) is 78.4 Å². The van der Waals surface area contributed by atoms with Crippen molar-refractivity contribution in [3.63, 3.8) is 0 Å². The summed E-state index contributed by atoms with van der Waals surface area (Å²) in [6.45, 7) is 3.58. The number of aliphatic imine (C=N–C) groups is 1. The van der Waals surface area contributed by atoms with Gasteiger partial charge in [0.25, 0.3) is 17.7 Å². The average Bonchev–Trinajstić information content (AvgIpc) is 2.95. The zero-order valence-corrected chi connectivity index (χ0v) is 25.2. The van der Waals surface area contributed by atoms with Crippen LogP contribution in [0.1, 0.15) is 25.8 Å². The van der Waals surface area contributed by atoms with Crippen LogP contribution in [-0.4, -0.2) is 62.4 Å². The van der Waals surface area contributed by atoms with Crippen LogP contribution in [0.4, 0.5) is 11.4 Å². The van der Waals surface area contributed by atoms with Crippen LogP contribution in [0.2, 0.25) is 0 Å². The van der Waals surface area contributed by atoms with Gasteiger partial charge in [0.15, 0.2) is 0 Å². The molecule has 0 saturated heterocycles. The predicted octanol–water partition coefficient (Wildman–Crippen LogP) is 3.21. The van der Waals surface area contributed by atoms with Gasteiger partial charge in [-0.1, -0.05) is 25.1 Å². The number of fused-ring (bicyclic) bond motifs is 1. The highest BCUT2D eigenvalue weighted by molar-refractivity contribution is 8.67. The van der Waals surface area contributed by atoms with E-state index < -0.39 is 39.0 Å². The number of anilines is 2. The van der Waals surface area contributed by atoms with Crippen LogP contribution in [0.3, 0.4) is 0 Å². The fourth-order valence-electron chi connectivity index (χ4n) is 4.12. The second-order valence-corrected chi connectivity index (χ2v) is 17.7. The summed E-state index contributed by atoms with van der Waals surface area (Å²) in [7, 11) is -12.3. The molecule has 1 aliphatic rings. The second-order valence-electron chi connectivity index (χ2n) is 9.48. The summed E-state index contributed by atoms with van der Waals surface area (Å²) in [6.07, 6.45) is 2.90. The highest BCUT2D eigenvalue weighted by Gasteiger charge is 2.32. The van der Waals surface area contributed by atoms with Gasteiger partial charge >= 0.3 is 0 Å². The molecule has 0 spiro atoms. The van der Waals surface area contributed by atoms with Gasteiger partial charge < -0.3 is 4.74 Å². The molecule has 0 aliphatic carbocycles. The molecular formula is C27H32N4O7S3. The molecule has 2 unspecified atom stereocenters. The molecule has 1 heterocycles. The molecule has 1 aliphatic heterocycles. The Morgan fingerprint density at radius 3 is 2.22 bits per heavy atom. The van der Waals surface area contributed by atoms with Gasteiger partial charge in [0.1, 0.15) is 24.4 Å². The van der Waals surface area contributed by atoms with E-state index in [1.54, 1.807) is 72.9 Å². The van der Waals surface area contributed by atoms with Crippen molar-refractivity contribution < 1.29 is 30.0 Å². The second kappa shape index (κ2) is 12.2. The van der Waals surface area contributed by atoms with Gasteiger partial charge in [-0.15, -0.1) is 0 Å². The van der Waals surface area contributed by atoms with Gasteiger partial charge in [-0.25, -0.2) is 25.3 Å². The monoisotopic (exact) mass is 620 g/mol. The summed E-state index contributed by atoms with van der Waals surface area (Å²) in [5.74, 6) is 0.534.